The van der Waals surface area contributed by atoms with Gasteiger partial charge in [0.05, 0.1) is 0 Å². The fourth-order valence-electron chi connectivity index (χ4n) is 4.66. The van der Waals surface area contributed by atoms with Crippen LogP contribution in [0.5, 0.6) is 0 Å². The first kappa shape index (κ1) is 20.0. The lowest BCUT2D eigenvalue weighted by Crippen LogP contribution is -2.33. The molecule has 4 nitrogen and oxygen atoms in total. The number of piperidine rings is 1. The van der Waals surface area contributed by atoms with Gasteiger partial charge < -0.3 is 10.2 Å². The summed E-state index contributed by atoms with van der Waals surface area (Å²) in [6.45, 7) is 8.49. The third-order valence-corrected chi connectivity index (χ3v) is 6.24. The van der Waals surface area contributed by atoms with E-state index in [1.54, 1.807) is 0 Å². The van der Waals surface area contributed by atoms with Crippen molar-refractivity contribution in [3.8, 4) is 0 Å². The number of nitrogens with one attached hydrogen (secondary N) is 1. The zero-order valence-electron chi connectivity index (χ0n) is 17.6. The number of carbonyl (C=O) groups excluding carboxylic acids is 1. The lowest BCUT2D eigenvalue weighted by molar-refractivity contribution is 0.0953. The second-order valence-electron chi connectivity index (χ2n) is 8.65. The molecule has 2 aliphatic rings. The molecule has 1 atom stereocenters. The fourth-order valence-corrected chi connectivity index (χ4v) is 4.66. The smallest absolute Gasteiger partial charge is 0.251 e. The number of anilines is 1. The van der Waals surface area contributed by atoms with E-state index < -0.39 is 0 Å². The predicted octanol–water partition coefficient (Wildman–Crippen LogP) is 4.10. The first-order valence-electron chi connectivity index (χ1n) is 11.1. The Kier molecular flexibility index (Phi) is 6.50. The van der Waals surface area contributed by atoms with Crippen molar-refractivity contribution in [2.45, 2.75) is 39.2 Å². The van der Waals surface area contributed by atoms with Crippen LogP contribution >= 0.6 is 0 Å². The maximum Gasteiger partial charge on any atom is 0.251 e. The Morgan fingerprint density at radius 3 is 2.76 bits per heavy atom. The average Bonchev–Trinajstić information content (AvgIpc) is 3.15. The van der Waals surface area contributed by atoms with Crippen molar-refractivity contribution in [2.75, 3.05) is 37.6 Å². The van der Waals surface area contributed by atoms with Crippen LogP contribution in [-0.4, -0.2) is 43.5 Å². The number of amides is 1. The van der Waals surface area contributed by atoms with Gasteiger partial charge in [0.25, 0.3) is 5.91 Å². The van der Waals surface area contributed by atoms with Crippen molar-refractivity contribution in [1.29, 1.82) is 0 Å². The Morgan fingerprint density at radius 2 is 1.93 bits per heavy atom. The summed E-state index contributed by atoms with van der Waals surface area (Å²) in [5.74, 6) is 0.827. The maximum absolute atomic E-state index is 12.4. The van der Waals surface area contributed by atoms with E-state index in [1.807, 2.05) is 12.1 Å². The molecule has 1 N–H and O–H groups in total. The summed E-state index contributed by atoms with van der Waals surface area (Å²) in [6, 6.07) is 16.8. The van der Waals surface area contributed by atoms with Gasteiger partial charge in [0.1, 0.15) is 0 Å². The lowest BCUT2D eigenvalue weighted by atomic mass is 9.99. The fraction of sp³-hybridized carbons (Fsp3) is 0.480. The summed E-state index contributed by atoms with van der Waals surface area (Å²) >= 11 is 0. The van der Waals surface area contributed by atoms with Gasteiger partial charge in [0, 0.05) is 44.0 Å². The molecule has 2 aliphatic heterocycles. The van der Waals surface area contributed by atoms with Gasteiger partial charge in [0.15, 0.2) is 0 Å². The highest BCUT2D eigenvalue weighted by atomic mass is 16.1. The molecule has 1 amide bonds. The molecule has 4 rings (SSSR count). The standard InChI is InChI=1S/C25H33N3O/c1-20-6-4-15-27(18-20)19-21-9-11-23(12-10-21)25(29)26-14-5-16-28-17-13-22-7-2-3-8-24(22)28/h2-3,7-12,20H,4-6,13-19H2,1H3,(H,26,29). The monoisotopic (exact) mass is 391 g/mol. The molecule has 0 radical (unpaired) electrons. The number of carbonyl (C=O) groups is 1. The van der Waals surface area contributed by atoms with Crippen LogP contribution in [-0.2, 0) is 13.0 Å². The minimum Gasteiger partial charge on any atom is -0.371 e. The molecule has 2 aromatic rings. The molecule has 1 unspecified atom stereocenters. The number of hydrogen-bond acceptors (Lipinski definition) is 3. The van der Waals surface area contributed by atoms with Crippen LogP contribution in [0.3, 0.4) is 0 Å². The van der Waals surface area contributed by atoms with E-state index in [4.69, 9.17) is 0 Å². The zero-order valence-corrected chi connectivity index (χ0v) is 17.6. The van der Waals surface area contributed by atoms with Crippen molar-refractivity contribution in [3.63, 3.8) is 0 Å². The molecule has 4 heteroatoms. The van der Waals surface area contributed by atoms with Crippen LogP contribution in [0.2, 0.25) is 0 Å². The molecular weight excluding hydrogens is 358 g/mol. The largest absolute Gasteiger partial charge is 0.371 e. The van der Waals surface area contributed by atoms with E-state index in [9.17, 15) is 4.79 Å². The van der Waals surface area contributed by atoms with Gasteiger partial charge in [-0.15, -0.1) is 0 Å². The molecule has 2 heterocycles. The van der Waals surface area contributed by atoms with E-state index in [0.29, 0.717) is 6.54 Å². The predicted molar refractivity (Wildman–Crippen MR) is 119 cm³/mol. The summed E-state index contributed by atoms with van der Waals surface area (Å²) in [7, 11) is 0. The second kappa shape index (κ2) is 9.45. The van der Waals surface area contributed by atoms with E-state index in [-0.39, 0.29) is 5.91 Å². The first-order valence-corrected chi connectivity index (χ1v) is 11.1. The molecule has 1 saturated heterocycles. The maximum atomic E-state index is 12.4. The van der Waals surface area contributed by atoms with Crippen LogP contribution in [0, 0.1) is 5.92 Å². The Bertz CT molecular complexity index is 817. The Morgan fingerprint density at radius 1 is 1.10 bits per heavy atom. The molecule has 0 aromatic heterocycles. The number of benzene rings is 2. The molecule has 154 valence electrons. The second-order valence-corrected chi connectivity index (χ2v) is 8.65. The Balaban J connectivity index is 1.20. The van der Waals surface area contributed by atoms with Gasteiger partial charge in [0.2, 0.25) is 0 Å². The van der Waals surface area contributed by atoms with E-state index >= 15 is 0 Å². The van der Waals surface area contributed by atoms with Crippen LogP contribution in [0.15, 0.2) is 48.5 Å². The highest BCUT2D eigenvalue weighted by molar-refractivity contribution is 5.94. The number of nitrogens with zero attached hydrogens (tertiary/aromatic N) is 2. The number of fused-ring (bicyclic) bond motifs is 1. The SMILES string of the molecule is CC1CCCN(Cc2ccc(C(=O)NCCCN3CCc4ccccc43)cc2)C1. The highest BCUT2D eigenvalue weighted by Gasteiger charge is 2.18. The van der Waals surface area contributed by atoms with Crippen molar-refractivity contribution in [3.05, 3.63) is 65.2 Å². The molecule has 0 bridgehead atoms. The van der Waals surface area contributed by atoms with Crippen molar-refractivity contribution in [2.24, 2.45) is 5.92 Å². The summed E-state index contributed by atoms with van der Waals surface area (Å²) in [5.41, 5.74) is 4.85. The highest BCUT2D eigenvalue weighted by Crippen LogP contribution is 2.27. The van der Waals surface area contributed by atoms with Crippen LogP contribution in [0.4, 0.5) is 5.69 Å². The summed E-state index contributed by atoms with van der Waals surface area (Å²) in [5, 5.41) is 3.08. The lowest BCUT2D eigenvalue weighted by Gasteiger charge is -2.30. The van der Waals surface area contributed by atoms with Crippen LogP contribution in [0.1, 0.15) is 47.7 Å². The number of para-hydroxylation sites is 1. The number of hydrogen-bond donors (Lipinski definition) is 1. The average molecular weight is 392 g/mol. The van der Waals surface area contributed by atoms with Crippen molar-refractivity contribution >= 4 is 11.6 Å². The van der Waals surface area contributed by atoms with Crippen LogP contribution in [0.25, 0.3) is 0 Å². The Hall–Kier alpha value is -2.33. The summed E-state index contributed by atoms with van der Waals surface area (Å²) < 4.78 is 0. The quantitative estimate of drug-likeness (QED) is 0.722. The van der Waals surface area contributed by atoms with E-state index in [1.165, 1.54) is 42.7 Å². The van der Waals surface area contributed by atoms with Gasteiger partial charge in [-0.3, -0.25) is 9.69 Å². The van der Waals surface area contributed by atoms with Crippen molar-refractivity contribution < 1.29 is 4.79 Å². The van der Waals surface area contributed by atoms with Gasteiger partial charge >= 0.3 is 0 Å². The first-order chi connectivity index (χ1) is 14.2. The van der Waals surface area contributed by atoms with Gasteiger partial charge in [-0.05, 0) is 67.5 Å². The van der Waals surface area contributed by atoms with Crippen molar-refractivity contribution in [1.82, 2.24) is 10.2 Å². The summed E-state index contributed by atoms with van der Waals surface area (Å²) in [4.78, 5) is 17.4. The molecule has 1 fully saturated rings. The molecule has 29 heavy (non-hydrogen) atoms. The minimum atomic E-state index is 0.0324. The van der Waals surface area contributed by atoms with Crippen LogP contribution < -0.4 is 10.2 Å². The van der Waals surface area contributed by atoms with Gasteiger partial charge in [-0.25, -0.2) is 0 Å². The summed E-state index contributed by atoms with van der Waals surface area (Å²) in [6.07, 6.45) is 4.74. The van der Waals surface area contributed by atoms with E-state index in [2.05, 4.69) is 58.4 Å². The Labute approximate surface area is 174 Å². The molecule has 0 aliphatic carbocycles. The van der Waals surface area contributed by atoms with Gasteiger partial charge in [-0.1, -0.05) is 37.3 Å². The molecule has 0 spiro atoms. The molecule has 2 aromatic carbocycles. The number of likely N-dealkylation sites (tertiary alicyclic amines) is 1. The third-order valence-electron chi connectivity index (χ3n) is 6.24. The van der Waals surface area contributed by atoms with E-state index in [0.717, 1.165) is 44.0 Å². The molecule has 0 saturated carbocycles. The van der Waals surface area contributed by atoms with Gasteiger partial charge in [-0.2, -0.15) is 0 Å². The zero-order chi connectivity index (χ0) is 20.1. The molecular formula is C25H33N3O. The normalized spacial score (nSPS) is 19.2. The topological polar surface area (TPSA) is 35.6 Å². The minimum absolute atomic E-state index is 0.0324. The number of rotatable bonds is 7. The third kappa shape index (κ3) is 5.18.